The summed E-state index contributed by atoms with van der Waals surface area (Å²) in [5, 5.41) is 2.80. The van der Waals surface area contributed by atoms with Gasteiger partial charge in [0, 0.05) is 55.8 Å². The van der Waals surface area contributed by atoms with Crippen molar-refractivity contribution < 1.29 is 27.2 Å². The van der Waals surface area contributed by atoms with Gasteiger partial charge < -0.3 is 10.2 Å². The summed E-state index contributed by atoms with van der Waals surface area (Å²) in [7, 11) is -4.16. The molecule has 0 bridgehead atoms. The first kappa shape index (κ1) is 33.8. The fourth-order valence-electron chi connectivity index (χ4n) is 4.53. The topological polar surface area (TPSA) is 113 Å². The minimum Gasteiger partial charge on any atom is -0.355 e. The summed E-state index contributed by atoms with van der Waals surface area (Å²) in [6.45, 7) is 3.50. The molecular weight excluding hydrogens is 590 g/mol. The Hall–Kier alpha value is -3.70. The van der Waals surface area contributed by atoms with Crippen LogP contribution in [0.2, 0.25) is 0 Å². The molecule has 0 aliphatic carbocycles. The fourth-order valence-corrected chi connectivity index (χ4v) is 6.05. The first-order valence-corrected chi connectivity index (χ1v) is 16.2. The molecule has 3 rings (SSSR count). The Morgan fingerprint density at radius 2 is 1.67 bits per heavy atom. The van der Waals surface area contributed by atoms with Gasteiger partial charge in [-0.3, -0.25) is 14.4 Å². The summed E-state index contributed by atoms with van der Waals surface area (Å²) >= 11 is 4.57. The van der Waals surface area contributed by atoms with Crippen molar-refractivity contribution in [3.63, 3.8) is 0 Å². The van der Waals surface area contributed by atoms with E-state index in [1.807, 2.05) is 42.0 Å². The number of thiol groups is 1. The lowest BCUT2D eigenvalue weighted by molar-refractivity contribution is -0.132. The highest BCUT2D eigenvalue weighted by atomic mass is 32.2. The lowest BCUT2D eigenvalue weighted by atomic mass is 10.0. The number of amides is 3. The maximum Gasteiger partial charge on any atom is 0.264 e. The molecule has 1 atom stereocenters. The molecule has 0 aliphatic rings. The van der Waals surface area contributed by atoms with Gasteiger partial charge in [-0.25, -0.2) is 17.5 Å². The SMILES string of the molecule is CCCCC(=O)N(CCC(=O)NC[C@H](S)Cc1ccccc1)Cc1ccc(-c2ccccc2S(=O)(=O)NC(C)=O)cc1F. The van der Waals surface area contributed by atoms with Crippen LogP contribution in [0.4, 0.5) is 4.39 Å². The Bertz CT molecular complexity index is 1520. The van der Waals surface area contributed by atoms with Crippen molar-refractivity contribution in [2.75, 3.05) is 13.1 Å². The summed E-state index contributed by atoms with van der Waals surface area (Å²) < 4.78 is 42.7. The summed E-state index contributed by atoms with van der Waals surface area (Å²) in [4.78, 5) is 38.3. The van der Waals surface area contributed by atoms with Crippen molar-refractivity contribution >= 4 is 40.4 Å². The number of hydrogen-bond acceptors (Lipinski definition) is 6. The standard InChI is InChI=1S/C32H38FN3O5S2/c1-3-4-14-32(39)36(18-17-31(38)34-21-27(42)19-24-10-6-5-7-11-24)22-26-16-15-25(20-29(26)33)28-12-8-9-13-30(28)43(40,41)35-23(2)37/h5-13,15-16,20,27,42H,3-4,14,17-19,21-22H2,1-2H3,(H,34,38)(H,35,37)/t27-/m1/s1. The summed E-state index contributed by atoms with van der Waals surface area (Å²) in [5.41, 5.74) is 1.87. The maximum atomic E-state index is 15.4. The average molecular weight is 628 g/mol. The van der Waals surface area contributed by atoms with Gasteiger partial charge in [-0.15, -0.1) is 0 Å². The highest BCUT2D eigenvalue weighted by Crippen LogP contribution is 2.29. The predicted molar refractivity (Wildman–Crippen MR) is 168 cm³/mol. The third kappa shape index (κ3) is 10.5. The van der Waals surface area contributed by atoms with E-state index in [0.29, 0.717) is 24.9 Å². The van der Waals surface area contributed by atoms with E-state index in [1.165, 1.54) is 35.2 Å². The molecule has 0 saturated heterocycles. The van der Waals surface area contributed by atoms with Gasteiger partial charge in [-0.1, -0.05) is 74.0 Å². The van der Waals surface area contributed by atoms with Gasteiger partial charge in [-0.2, -0.15) is 12.6 Å². The number of carbonyl (C=O) groups is 3. The van der Waals surface area contributed by atoms with Gasteiger partial charge in [-0.05, 0) is 36.1 Å². The summed E-state index contributed by atoms with van der Waals surface area (Å²) in [6, 6.07) is 20.1. The van der Waals surface area contributed by atoms with Crippen LogP contribution in [0.25, 0.3) is 11.1 Å². The molecule has 0 aliphatic heterocycles. The third-order valence-corrected chi connectivity index (χ3v) is 8.59. The molecule has 8 nitrogen and oxygen atoms in total. The molecule has 3 aromatic rings. The van der Waals surface area contributed by atoms with Gasteiger partial charge in [0.05, 0.1) is 4.90 Å². The number of nitrogens with one attached hydrogen (secondary N) is 2. The van der Waals surface area contributed by atoms with Gasteiger partial charge in [0.25, 0.3) is 10.0 Å². The quantitative estimate of drug-likeness (QED) is 0.208. The number of sulfonamides is 1. The first-order chi connectivity index (χ1) is 20.5. The van der Waals surface area contributed by atoms with Crippen LogP contribution in [0.3, 0.4) is 0 Å². The van der Waals surface area contributed by atoms with Crippen molar-refractivity contribution in [3.8, 4) is 11.1 Å². The van der Waals surface area contributed by atoms with Gasteiger partial charge in [0.2, 0.25) is 17.7 Å². The van der Waals surface area contributed by atoms with Crippen molar-refractivity contribution in [2.24, 2.45) is 0 Å². The van der Waals surface area contributed by atoms with E-state index in [4.69, 9.17) is 0 Å². The first-order valence-electron chi connectivity index (χ1n) is 14.2. The Labute approximate surface area is 258 Å². The molecular formula is C32H38FN3O5S2. The minimum absolute atomic E-state index is 0.0447. The highest BCUT2D eigenvalue weighted by molar-refractivity contribution is 7.90. The normalized spacial score (nSPS) is 11.9. The number of benzene rings is 3. The molecule has 0 fully saturated rings. The van der Waals surface area contributed by atoms with Crippen LogP contribution >= 0.6 is 12.6 Å². The zero-order valence-corrected chi connectivity index (χ0v) is 26.1. The van der Waals surface area contributed by atoms with Crippen LogP contribution in [0.1, 0.15) is 50.7 Å². The van der Waals surface area contributed by atoms with Crippen molar-refractivity contribution in [3.05, 3.63) is 89.7 Å². The molecule has 0 saturated carbocycles. The van der Waals surface area contributed by atoms with E-state index in [9.17, 15) is 22.8 Å². The van der Waals surface area contributed by atoms with E-state index < -0.39 is 21.7 Å². The molecule has 0 aromatic heterocycles. The highest BCUT2D eigenvalue weighted by Gasteiger charge is 2.22. The Morgan fingerprint density at radius 1 is 0.977 bits per heavy atom. The van der Waals surface area contributed by atoms with E-state index in [0.717, 1.165) is 18.9 Å². The van der Waals surface area contributed by atoms with E-state index >= 15 is 4.39 Å². The van der Waals surface area contributed by atoms with E-state index in [1.54, 1.807) is 12.1 Å². The van der Waals surface area contributed by atoms with E-state index in [2.05, 4.69) is 17.9 Å². The second-order valence-electron chi connectivity index (χ2n) is 10.3. The minimum atomic E-state index is -4.16. The molecule has 2 N–H and O–H groups in total. The zero-order chi connectivity index (χ0) is 31.4. The maximum absolute atomic E-state index is 15.4. The average Bonchev–Trinajstić information content (AvgIpc) is 2.97. The lowest BCUT2D eigenvalue weighted by Crippen LogP contribution is -2.36. The molecule has 3 amide bonds. The molecule has 0 unspecified atom stereocenters. The lowest BCUT2D eigenvalue weighted by Gasteiger charge is -2.23. The van der Waals surface area contributed by atoms with Crippen LogP contribution < -0.4 is 10.0 Å². The monoisotopic (exact) mass is 627 g/mol. The number of carbonyl (C=O) groups excluding carboxylic acids is 3. The number of nitrogens with zero attached hydrogens (tertiary/aromatic N) is 1. The number of hydrogen-bond donors (Lipinski definition) is 3. The third-order valence-electron chi connectivity index (χ3n) is 6.73. The van der Waals surface area contributed by atoms with Crippen LogP contribution in [-0.4, -0.2) is 49.4 Å². The van der Waals surface area contributed by atoms with Crippen LogP contribution in [0, 0.1) is 5.82 Å². The number of rotatable bonds is 15. The second-order valence-corrected chi connectivity index (χ2v) is 12.7. The van der Waals surface area contributed by atoms with Crippen LogP contribution in [-0.2, 0) is 37.4 Å². The summed E-state index contributed by atoms with van der Waals surface area (Å²) in [6.07, 6.45) is 2.52. The molecule has 0 radical (unpaired) electrons. The molecule has 3 aromatic carbocycles. The van der Waals surface area contributed by atoms with Crippen molar-refractivity contribution in [1.29, 1.82) is 0 Å². The van der Waals surface area contributed by atoms with Crippen LogP contribution in [0.15, 0.2) is 77.7 Å². The molecule has 230 valence electrons. The fraction of sp³-hybridized carbons (Fsp3) is 0.344. The zero-order valence-electron chi connectivity index (χ0n) is 24.4. The van der Waals surface area contributed by atoms with Gasteiger partial charge in [0.1, 0.15) is 5.82 Å². The smallest absolute Gasteiger partial charge is 0.264 e. The molecule has 0 heterocycles. The molecule has 43 heavy (non-hydrogen) atoms. The van der Waals surface area contributed by atoms with Gasteiger partial charge >= 0.3 is 0 Å². The summed E-state index contributed by atoms with van der Waals surface area (Å²) in [5.74, 6) is -1.77. The second kappa shape index (κ2) is 16.2. The van der Waals surface area contributed by atoms with Crippen molar-refractivity contribution in [2.45, 2.75) is 62.6 Å². The molecule has 0 spiro atoms. The predicted octanol–water partition coefficient (Wildman–Crippen LogP) is 4.88. The number of halogens is 1. The van der Waals surface area contributed by atoms with Crippen molar-refractivity contribution in [1.82, 2.24) is 14.9 Å². The molecule has 11 heteroatoms. The largest absolute Gasteiger partial charge is 0.355 e. The van der Waals surface area contributed by atoms with Crippen LogP contribution in [0.5, 0.6) is 0 Å². The van der Waals surface area contributed by atoms with Gasteiger partial charge in [0.15, 0.2) is 0 Å². The Morgan fingerprint density at radius 3 is 2.35 bits per heavy atom. The van der Waals surface area contributed by atoms with E-state index in [-0.39, 0.29) is 59.0 Å². The Kier molecular flexibility index (Phi) is 12.8. The Balaban J connectivity index is 1.70. The number of unbranched alkanes of at least 4 members (excludes halogenated alkanes) is 1.